The Morgan fingerprint density at radius 3 is 2.53 bits per heavy atom. The lowest BCUT2D eigenvalue weighted by atomic mass is 10.0. The molecule has 0 aromatic heterocycles. The fraction of sp³-hybridized carbons (Fsp3) is 0.300. The maximum atomic E-state index is 12.8. The summed E-state index contributed by atoms with van der Waals surface area (Å²) in [4.78, 5) is 26.8. The number of nitrogens with one attached hydrogen (secondary N) is 3. The van der Waals surface area contributed by atoms with Crippen LogP contribution < -0.4 is 20.3 Å². The highest BCUT2D eigenvalue weighted by atomic mass is 35.5. The molecule has 30 heavy (non-hydrogen) atoms. The van der Waals surface area contributed by atoms with Gasteiger partial charge >= 0.3 is 6.03 Å². The molecule has 1 saturated heterocycles. The molecule has 0 bridgehead atoms. The standard InChI is InChI=1S/C20H23ClN4O4S/c1-30(28,29)22-13-14-8-10-15(11-9-14)23-20(27)24-17-6-4-12-25(19(17)26)18-7-3-2-5-16(18)21/h2-3,5,7-11,17,22H,4,6,12-13H2,1H3,(H2,23,24,27). The van der Waals surface area contributed by atoms with Crippen LogP contribution >= 0.6 is 11.6 Å². The molecular weight excluding hydrogens is 428 g/mol. The van der Waals surface area contributed by atoms with Crippen molar-refractivity contribution < 1.29 is 18.0 Å². The molecule has 1 aliphatic rings. The van der Waals surface area contributed by atoms with Gasteiger partial charge in [-0.3, -0.25) is 4.79 Å². The van der Waals surface area contributed by atoms with E-state index in [9.17, 15) is 18.0 Å². The minimum absolute atomic E-state index is 0.166. The summed E-state index contributed by atoms with van der Waals surface area (Å²) in [5.41, 5.74) is 1.92. The molecule has 2 aromatic rings. The number of piperidine rings is 1. The van der Waals surface area contributed by atoms with Crippen molar-refractivity contribution in [1.29, 1.82) is 0 Å². The van der Waals surface area contributed by atoms with Gasteiger partial charge in [-0.05, 0) is 42.7 Å². The zero-order valence-electron chi connectivity index (χ0n) is 16.4. The summed E-state index contributed by atoms with van der Waals surface area (Å²) < 4.78 is 24.7. The normalized spacial score (nSPS) is 16.9. The second-order valence-electron chi connectivity index (χ2n) is 7.02. The number of para-hydroxylation sites is 1. The van der Waals surface area contributed by atoms with Crippen molar-refractivity contribution in [2.75, 3.05) is 23.0 Å². The lowest BCUT2D eigenvalue weighted by Crippen LogP contribution is -2.53. The van der Waals surface area contributed by atoms with Crippen molar-refractivity contribution in [3.8, 4) is 0 Å². The number of urea groups is 1. The molecule has 3 rings (SSSR count). The highest BCUT2D eigenvalue weighted by molar-refractivity contribution is 7.88. The molecule has 3 amide bonds. The van der Waals surface area contributed by atoms with Crippen LogP contribution in [0.3, 0.4) is 0 Å². The van der Waals surface area contributed by atoms with Crippen molar-refractivity contribution >= 4 is 44.9 Å². The first-order valence-corrected chi connectivity index (χ1v) is 11.7. The summed E-state index contributed by atoms with van der Waals surface area (Å²) in [6.45, 7) is 0.713. The first kappa shape index (κ1) is 22.1. The SMILES string of the molecule is CS(=O)(=O)NCc1ccc(NC(=O)NC2CCCN(c3ccccc3Cl)C2=O)cc1. The van der Waals surface area contributed by atoms with Gasteiger partial charge in [-0.2, -0.15) is 0 Å². The number of rotatable bonds is 6. The highest BCUT2D eigenvalue weighted by Gasteiger charge is 2.31. The van der Waals surface area contributed by atoms with Crippen LogP contribution in [0.25, 0.3) is 0 Å². The van der Waals surface area contributed by atoms with E-state index in [1.807, 2.05) is 6.07 Å². The van der Waals surface area contributed by atoms with Crippen LogP contribution in [0.4, 0.5) is 16.2 Å². The van der Waals surface area contributed by atoms with Gasteiger partial charge in [-0.15, -0.1) is 0 Å². The third kappa shape index (κ3) is 5.94. The molecule has 0 radical (unpaired) electrons. The molecular formula is C20H23ClN4O4S. The fourth-order valence-electron chi connectivity index (χ4n) is 3.16. The molecule has 1 aliphatic heterocycles. The number of carbonyl (C=O) groups is 2. The van der Waals surface area contributed by atoms with Crippen LogP contribution in [0.1, 0.15) is 18.4 Å². The van der Waals surface area contributed by atoms with Gasteiger partial charge in [-0.25, -0.2) is 17.9 Å². The van der Waals surface area contributed by atoms with Crippen LogP contribution in [-0.4, -0.2) is 39.2 Å². The smallest absolute Gasteiger partial charge is 0.319 e. The lowest BCUT2D eigenvalue weighted by molar-refractivity contribution is -0.121. The van der Waals surface area contributed by atoms with Crippen molar-refractivity contribution in [2.45, 2.75) is 25.4 Å². The average molecular weight is 451 g/mol. The van der Waals surface area contributed by atoms with Crippen molar-refractivity contribution in [1.82, 2.24) is 10.0 Å². The first-order chi connectivity index (χ1) is 14.2. The summed E-state index contributed by atoms with van der Waals surface area (Å²) in [6, 6.07) is 12.7. The monoisotopic (exact) mass is 450 g/mol. The Bertz CT molecular complexity index is 1030. The predicted octanol–water partition coefficient (Wildman–Crippen LogP) is 2.71. The number of carbonyl (C=O) groups excluding carboxylic acids is 2. The number of benzene rings is 2. The van der Waals surface area contributed by atoms with Gasteiger partial charge in [0.15, 0.2) is 0 Å². The zero-order valence-corrected chi connectivity index (χ0v) is 18.0. The Morgan fingerprint density at radius 1 is 1.17 bits per heavy atom. The molecule has 1 unspecified atom stereocenters. The minimum atomic E-state index is -3.27. The van der Waals surface area contributed by atoms with E-state index in [0.717, 1.165) is 18.2 Å². The van der Waals surface area contributed by atoms with E-state index in [4.69, 9.17) is 11.6 Å². The van der Waals surface area contributed by atoms with Gasteiger partial charge in [0.1, 0.15) is 6.04 Å². The predicted molar refractivity (Wildman–Crippen MR) is 117 cm³/mol. The van der Waals surface area contributed by atoms with Gasteiger partial charge in [0.2, 0.25) is 15.9 Å². The van der Waals surface area contributed by atoms with Crippen molar-refractivity contribution in [3.63, 3.8) is 0 Å². The average Bonchev–Trinajstić information content (AvgIpc) is 2.69. The summed E-state index contributed by atoms with van der Waals surface area (Å²) in [7, 11) is -3.27. The topological polar surface area (TPSA) is 108 Å². The lowest BCUT2D eigenvalue weighted by Gasteiger charge is -2.33. The van der Waals surface area contributed by atoms with Crippen molar-refractivity contribution in [2.24, 2.45) is 0 Å². The second-order valence-corrected chi connectivity index (χ2v) is 9.26. The van der Waals surface area contributed by atoms with Gasteiger partial charge in [-0.1, -0.05) is 35.9 Å². The fourth-order valence-corrected chi connectivity index (χ4v) is 3.83. The molecule has 0 spiro atoms. The molecule has 1 atom stereocenters. The number of halogens is 1. The van der Waals surface area contributed by atoms with E-state index in [-0.39, 0.29) is 12.5 Å². The molecule has 0 saturated carbocycles. The first-order valence-electron chi connectivity index (χ1n) is 9.40. The van der Waals surface area contributed by atoms with E-state index in [2.05, 4.69) is 15.4 Å². The van der Waals surface area contributed by atoms with Crippen LogP contribution in [0.2, 0.25) is 5.02 Å². The molecule has 3 N–H and O–H groups in total. The largest absolute Gasteiger partial charge is 0.326 e. The number of amides is 3. The maximum Gasteiger partial charge on any atom is 0.319 e. The Kier molecular flexibility index (Phi) is 6.96. The summed E-state index contributed by atoms with van der Waals surface area (Å²) in [5.74, 6) is -0.202. The quantitative estimate of drug-likeness (QED) is 0.628. The molecule has 1 fully saturated rings. The van der Waals surface area contributed by atoms with Gasteiger partial charge in [0.05, 0.1) is 17.0 Å². The molecule has 8 nitrogen and oxygen atoms in total. The molecule has 10 heteroatoms. The van der Waals surface area contributed by atoms with Crippen LogP contribution in [0.15, 0.2) is 48.5 Å². The Morgan fingerprint density at radius 2 is 1.87 bits per heavy atom. The number of sulfonamides is 1. The summed E-state index contributed by atoms with van der Waals surface area (Å²) in [5, 5.41) is 5.90. The molecule has 1 heterocycles. The van der Waals surface area contributed by atoms with Crippen molar-refractivity contribution in [3.05, 3.63) is 59.1 Å². The molecule has 0 aliphatic carbocycles. The van der Waals surface area contributed by atoms with E-state index in [0.29, 0.717) is 29.4 Å². The van der Waals surface area contributed by atoms with Gasteiger partial charge in [0, 0.05) is 18.8 Å². The second kappa shape index (κ2) is 9.46. The number of hydrogen-bond acceptors (Lipinski definition) is 4. The van der Waals surface area contributed by atoms with Crippen LogP contribution in [0.5, 0.6) is 0 Å². The zero-order chi connectivity index (χ0) is 21.7. The van der Waals surface area contributed by atoms with E-state index in [1.165, 1.54) is 0 Å². The summed E-state index contributed by atoms with van der Waals surface area (Å²) >= 11 is 6.21. The minimum Gasteiger partial charge on any atom is -0.326 e. The third-order valence-electron chi connectivity index (χ3n) is 4.64. The Labute approximate surface area is 180 Å². The van der Waals surface area contributed by atoms with Crippen LogP contribution in [-0.2, 0) is 21.4 Å². The number of nitrogens with zero attached hydrogens (tertiary/aromatic N) is 1. The molecule has 160 valence electrons. The van der Waals surface area contributed by atoms with E-state index < -0.39 is 22.1 Å². The number of anilines is 2. The van der Waals surface area contributed by atoms with E-state index in [1.54, 1.807) is 47.4 Å². The number of hydrogen-bond donors (Lipinski definition) is 3. The van der Waals surface area contributed by atoms with Gasteiger partial charge in [0.25, 0.3) is 0 Å². The Hall–Kier alpha value is -2.62. The summed E-state index contributed by atoms with van der Waals surface area (Å²) in [6.07, 6.45) is 2.37. The van der Waals surface area contributed by atoms with Gasteiger partial charge < -0.3 is 15.5 Å². The molecule has 2 aromatic carbocycles. The van der Waals surface area contributed by atoms with E-state index >= 15 is 0 Å². The highest BCUT2D eigenvalue weighted by Crippen LogP contribution is 2.28. The third-order valence-corrected chi connectivity index (χ3v) is 5.63. The maximum absolute atomic E-state index is 12.8. The Balaban J connectivity index is 1.58. The van der Waals surface area contributed by atoms with Crippen LogP contribution in [0, 0.1) is 0 Å².